The van der Waals surface area contributed by atoms with Crippen molar-refractivity contribution in [2.75, 3.05) is 29.5 Å². The van der Waals surface area contributed by atoms with Crippen molar-refractivity contribution < 1.29 is 13.0 Å². The van der Waals surface area contributed by atoms with Crippen molar-refractivity contribution in [1.82, 2.24) is 0 Å². The number of anilines is 2. The highest BCUT2D eigenvalue weighted by molar-refractivity contribution is 8.00. The van der Waals surface area contributed by atoms with E-state index in [1.54, 1.807) is 23.9 Å². The third-order valence-electron chi connectivity index (χ3n) is 4.04. The Hall–Kier alpha value is -1.74. The van der Waals surface area contributed by atoms with Crippen LogP contribution in [0.1, 0.15) is 5.56 Å². The fraction of sp³-hybridized carbons (Fsp3) is 0.235. The molecule has 2 aromatic rings. The number of aliphatic imine (C=N–C) groups is 1. The molecule has 3 N–H and O–H groups in total. The molecule has 0 saturated heterocycles. The molecular formula is C17H18ClN3O3S2. The molecule has 0 amide bonds. The SMILES string of the molecule is Cc1ccc(S(=O)(=O)O)cc1N1CCN=C1CSc1ccc(N)c(Cl)c1. The van der Waals surface area contributed by atoms with E-state index < -0.39 is 10.1 Å². The molecule has 0 saturated carbocycles. The molecule has 1 aliphatic heterocycles. The zero-order valence-electron chi connectivity index (χ0n) is 14.0. The fourth-order valence-electron chi connectivity index (χ4n) is 2.66. The molecule has 2 aromatic carbocycles. The lowest BCUT2D eigenvalue weighted by molar-refractivity contribution is 0.483. The summed E-state index contributed by atoms with van der Waals surface area (Å²) in [4.78, 5) is 7.37. The summed E-state index contributed by atoms with van der Waals surface area (Å²) in [5.41, 5.74) is 7.90. The van der Waals surface area contributed by atoms with Gasteiger partial charge < -0.3 is 10.6 Å². The van der Waals surface area contributed by atoms with E-state index in [-0.39, 0.29) is 4.90 Å². The molecule has 26 heavy (non-hydrogen) atoms. The van der Waals surface area contributed by atoms with Gasteiger partial charge in [-0.25, -0.2) is 0 Å². The van der Waals surface area contributed by atoms with E-state index in [0.29, 0.717) is 29.6 Å². The van der Waals surface area contributed by atoms with Crippen LogP contribution in [-0.4, -0.2) is 37.6 Å². The molecule has 1 aliphatic rings. The minimum atomic E-state index is -4.25. The van der Waals surface area contributed by atoms with Gasteiger partial charge in [-0.15, -0.1) is 11.8 Å². The van der Waals surface area contributed by atoms with Crippen LogP contribution < -0.4 is 10.6 Å². The van der Waals surface area contributed by atoms with Crippen LogP contribution in [0.4, 0.5) is 11.4 Å². The van der Waals surface area contributed by atoms with Crippen molar-refractivity contribution in [2.45, 2.75) is 16.7 Å². The Kier molecular flexibility index (Phi) is 5.47. The van der Waals surface area contributed by atoms with Crippen molar-refractivity contribution >= 4 is 50.7 Å². The third kappa shape index (κ3) is 4.15. The second-order valence-electron chi connectivity index (χ2n) is 5.84. The van der Waals surface area contributed by atoms with E-state index in [4.69, 9.17) is 17.3 Å². The lowest BCUT2D eigenvalue weighted by Gasteiger charge is -2.23. The Morgan fingerprint density at radius 2 is 2.08 bits per heavy atom. The van der Waals surface area contributed by atoms with Crippen LogP contribution in [0.25, 0.3) is 0 Å². The van der Waals surface area contributed by atoms with Gasteiger partial charge in [0.05, 0.1) is 27.9 Å². The number of thioether (sulfide) groups is 1. The Morgan fingerprint density at radius 1 is 1.31 bits per heavy atom. The van der Waals surface area contributed by atoms with E-state index in [1.807, 2.05) is 24.0 Å². The number of rotatable bonds is 5. The molecule has 1 heterocycles. The van der Waals surface area contributed by atoms with Gasteiger partial charge in [-0.1, -0.05) is 17.7 Å². The maximum absolute atomic E-state index is 11.4. The molecule has 0 unspecified atom stereocenters. The van der Waals surface area contributed by atoms with Gasteiger partial charge in [0, 0.05) is 17.1 Å². The molecule has 0 fully saturated rings. The second-order valence-corrected chi connectivity index (χ2v) is 8.72. The summed E-state index contributed by atoms with van der Waals surface area (Å²) in [6.45, 7) is 3.19. The van der Waals surface area contributed by atoms with E-state index in [0.717, 1.165) is 22.0 Å². The largest absolute Gasteiger partial charge is 0.398 e. The molecule has 0 aromatic heterocycles. The van der Waals surface area contributed by atoms with Gasteiger partial charge in [0.25, 0.3) is 10.1 Å². The van der Waals surface area contributed by atoms with E-state index in [1.165, 1.54) is 12.1 Å². The number of halogens is 1. The lowest BCUT2D eigenvalue weighted by atomic mass is 10.2. The number of benzene rings is 2. The van der Waals surface area contributed by atoms with Crippen molar-refractivity contribution in [3.05, 3.63) is 47.0 Å². The molecule has 0 bridgehead atoms. The van der Waals surface area contributed by atoms with Gasteiger partial charge >= 0.3 is 0 Å². The monoisotopic (exact) mass is 411 g/mol. The first-order valence-electron chi connectivity index (χ1n) is 7.82. The topological polar surface area (TPSA) is 96.0 Å². The molecule has 0 spiro atoms. The first kappa shape index (κ1) is 19.0. The van der Waals surface area contributed by atoms with E-state index >= 15 is 0 Å². The van der Waals surface area contributed by atoms with Gasteiger partial charge in [-0.2, -0.15) is 8.42 Å². The number of nitrogen functional groups attached to an aromatic ring is 1. The van der Waals surface area contributed by atoms with Crippen LogP contribution in [-0.2, 0) is 10.1 Å². The number of nitrogens with two attached hydrogens (primary N) is 1. The normalized spacial score (nSPS) is 14.6. The highest BCUT2D eigenvalue weighted by Crippen LogP contribution is 2.30. The average molecular weight is 412 g/mol. The predicted octanol–water partition coefficient (Wildman–Crippen LogP) is 3.49. The average Bonchev–Trinajstić information content (AvgIpc) is 3.03. The first-order valence-corrected chi connectivity index (χ1v) is 10.6. The van der Waals surface area contributed by atoms with Crippen LogP contribution in [0, 0.1) is 6.92 Å². The minimum Gasteiger partial charge on any atom is -0.398 e. The summed E-state index contributed by atoms with van der Waals surface area (Å²) in [6.07, 6.45) is 0. The molecule has 0 aliphatic carbocycles. The first-order chi connectivity index (χ1) is 12.3. The second kappa shape index (κ2) is 7.48. The zero-order chi connectivity index (χ0) is 18.9. The highest BCUT2D eigenvalue weighted by atomic mass is 35.5. The Balaban J connectivity index is 1.81. The number of hydrogen-bond acceptors (Lipinski definition) is 6. The minimum absolute atomic E-state index is 0.123. The molecule has 0 atom stereocenters. The Labute approximate surface area is 161 Å². The molecule has 3 rings (SSSR count). The summed E-state index contributed by atoms with van der Waals surface area (Å²) < 4.78 is 32.2. The fourth-order valence-corrected chi connectivity index (χ4v) is 4.32. The van der Waals surface area contributed by atoms with Gasteiger partial charge in [0.1, 0.15) is 5.84 Å². The van der Waals surface area contributed by atoms with Crippen LogP contribution in [0.3, 0.4) is 0 Å². The third-order valence-corrected chi connectivity index (χ3v) is 6.21. The summed E-state index contributed by atoms with van der Waals surface area (Å²) in [5, 5.41) is 0.511. The van der Waals surface area contributed by atoms with Crippen LogP contribution in [0.15, 0.2) is 51.2 Å². The van der Waals surface area contributed by atoms with Crippen LogP contribution in [0.2, 0.25) is 5.02 Å². The quantitative estimate of drug-likeness (QED) is 0.444. The number of nitrogens with zero attached hydrogens (tertiary/aromatic N) is 2. The molecular weight excluding hydrogens is 394 g/mol. The van der Waals surface area contributed by atoms with Gasteiger partial charge in [0.15, 0.2) is 0 Å². The molecule has 138 valence electrons. The van der Waals surface area contributed by atoms with Gasteiger partial charge in [-0.05, 0) is 42.8 Å². The zero-order valence-corrected chi connectivity index (χ0v) is 16.4. The van der Waals surface area contributed by atoms with Crippen LogP contribution >= 0.6 is 23.4 Å². The van der Waals surface area contributed by atoms with Crippen molar-refractivity contribution in [3.63, 3.8) is 0 Å². The number of hydrogen-bond donors (Lipinski definition) is 2. The highest BCUT2D eigenvalue weighted by Gasteiger charge is 2.22. The lowest BCUT2D eigenvalue weighted by Crippen LogP contribution is -2.29. The number of amidine groups is 1. The molecule has 0 radical (unpaired) electrons. The van der Waals surface area contributed by atoms with Crippen molar-refractivity contribution in [2.24, 2.45) is 4.99 Å². The van der Waals surface area contributed by atoms with Gasteiger partial charge in [-0.3, -0.25) is 9.55 Å². The number of aryl methyl sites for hydroxylation is 1. The summed E-state index contributed by atoms with van der Waals surface area (Å²) in [5.74, 6) is 1.45. The van der Waals surface area contributed by atoms with Gasteiger partial charge in [0.2, 0.25) is 0 Å². The predicted molar refractivity (Wildman–Crippen MR) is 107 cm³/mol. The van der Waals surface area contributed by atoms with E-state index in [9.17, 15) is 13.0 Å². The van der Waals surface area contributed by atoms with E-state index in [2.05, 4.69) is 4.99 Å². The Bertz CT molecular complexity index is 977. The molecule has 6 nitrogen and oxygen atoms in total. The summed E-state index contributed by atoms with van der Waals surface area (Å²) >= 11 is 7.63. The van der Waals surface area contributed by atoms with Crippen molar-refractivity contribution in [3.8, 4) is 0 Å². The standard InChI is InChI=1S/C17H18ClN3O3S2/c1-11-2-4-13(26(22,23)24)9-16(11)21-7-6-20-17(21)10-25-12-3-5-15(19)14(18)8-12/h2-5,8-9H,6-7,10,19H2,1H3,(H,22,23,24). The smallest absolute Gasteiger partial charge is 0.294 e. The van der Waals surface area contributed by atoms with Crippen LogP contribution in [0.5, 0.6) is 0 Å². The summed E-state index contributed by atoms with van der Waals surface area (Å²) in [6, 6.07) is 10.0. The summed E-state index contributed by atoms with van der Waals surface area (Å²) in [7, 11) is -4.25. The molecule has 9 heteroatoms. The maximum Gasteiger partial charge on any atom is 0.294 e. The van der Waals surface area contributed by atoms with Crippen molar-refractivity contribution in [1.29, 1.82) is 0 Å². The Morgan fingerprint density at radius 3 is 2.77 bits per heavy atom. The maximum atomic E-state index is 11.4.